The quantitative estimate of drug-likeness (QED) is 0.452. The van der Waals surface area contributed by atoms with Gasteiger partial charge in [0, 0.05) is 13.1 Å². The van der Waals surface area contributed by atoms with Crippen LogP contribution in [0.25, 0.3) is 0 Å². The van der Waals surface area contributed by atoms with Gasteiger partial charge in [0.1, 0.15) is 10.4 Å². The van der Waals surface area contributed by atoms with Gasteiger partial charge < -0.3 is 5.21 Å². The molecule has 2 rings (SSSR count). The van der Waals surface area contributed by atoms with Gasteiger partial charge in [0.25, 0.3) is 0 Å². The predicted molar refractivity (Wildman–Crippen MR) is 68.7 cm³/mol. The highest BCUT2D eigenvalue weighted by Gasteiger charge is 2.58. The number of nitrogens with zero attached hydrogens (tertiary/aromatic N) is 3. The van der Waals surface area contributed by atoms with Gasteiger partial charge in [-0.05, 0) is 13.0 Å². The van der Waals surface area contributed by atoms with E-state index in [0.29, 0.717) is 4.73 Å². The Hall–Kier alpha value is -1.21. The molecule has 0 saturated heterocycles. The fraction of sp³-hybridized carbons (Fsp3) is 0.455. The summed E-state index contributed by atoms with van der Waals surface area (Å²) < 4.78 is 39.0. The molecule has 0 fully saturated rings. The molecule has 1 aromatic rings. The van der Waals surface area contributed by atoms with E-state index in [1.807, 2.05) is 0 Å². The number of hydrazone groups is 1. The third-order valence-corrected chi connectivity index (χ3v) is 4.21. The summed E-state index contributed by atoms with van der Waals surface area (Å²) >= 11 is 11.6. The Kier molecular flexibility index (Phi) is 3.54. The highest BCUT2D eigenvalue weighted by atomic mass is 35.5. The van der Waals surface area contributed by atoms with Gasteiger partial charge >= 0.3 is 6.18 Å². The maximum absolute atomic E-state index is 12.9. The van der Waals surface area contributed by atoms with Crippen LogP contribution >= 0.6 is 23.2 Å². The molecule has 110 valence electrons. The standard InChI is InChI=1S/C11H10Cl2F3N3O/c1-10(7-4-3-6(12)5-19(7)20)8(13)9(11(14,15)16)17-18(10)2/h3-5,8H,1-2H3. The van der Waals surface area contributed by atoms with Gasteiger partial charge in [-0.25, -0.2) is 0 Å². The highest BCUT2D eigenvalue weighted by Crippen LogP contribution is 2.42. The lowest BCUT2D eigenvalue weighted by atomic mass is 9.90. The smallest absolute Gasteiger partial charge is 0.432 e. The van der Waals surface area contributed by atoms with E-state index in [0.717, 1.165) is 11.2 Å². The lowest BCUT2D eigenvalue weighted by Gasteiger charge is -2.32. The number of rotatable bonds is 1. The molecule has 1 aliphatic heterocycles. The summed E-state index contributed by atoms with van der Waals surface area (Å²) in [6.45, 7) is 1.42. The number of pyridine rings is 1. The van der Waals surface area contributed by atoms with Gasteiger partial charge in [-0.2, -0.15) is 23.0 Å². The molecule has 0 saturated carbocycles. The molecule has 0 amide bonds. The molecule has 0 radical (unpaired) electrons. The van der Waals surface area contributed by atoms with E-state index in [1.54, 1.807) is 0 Å². The van der Waals surface area contributed by atoms with Gasteiger partial charge in [-0.3, -0.25) is 5.01 Å². The second kappa shape index (κ2) is 4.66. The molecule has 2 unspecified atom stereocenters. The first-order valence-electron chi connectivity index (χ1n) is 5.51. The summed E-state index contributed by atoms with van der Waals surface area (Å²) in [6, 6.07) is 2.76. The van der Waals surface area contributed by atoms with Crippen molar-refractivity contribution in [2.75, 3.05) is 7.05 Å². The van der Waals surface area contributed by atoms with Crippen LogP contribution in [0.3, 0.4) is 0 Å². The molecule has 9 heteroatoms. The maximum Gasteiger partial charge on any atom is 0.432 e. The van der Waals surface area contributed by atoms with Crippen LogP contribution in [0.1, 0.15) is 12.6 Å². The zero-order chi connectivity index (χ0) is 15.3. The molecule has 20 heavy (non-hydrogen) atoms. The number of alkyl halides is 4. The van der Waals surface area contributed by atoms with Crippen LogP contribution in [0, 0.1) is 5.21 Å². The van der Waals surface area contributed by atoms with Gasteiger partial charge in [0.15, 0.2) is 17.4 Å². The minimum absolute atomic E-state index is 0.0346. The van der Waals surface area contributed by atoms with Crippen molar-refractivity contribution in [3.63, 3.8) is 0 Å². The fourth-order valence-electron chi connectivity index (χ4n) is 2.09. The molecule has 2 atom stereocenters. The SMILES string of the molecule is CN1N=C(C(F)(F)F)C(Cl)C1(C)c1ccc(Cl)c[n+]1[O-]. The zero-order valence-electron chi connectivity index (χ0n) is 10.4. The molecule has 2 heterocycles. The van der Waals surface area contributed by atoms with E-state index >= 15 is 0 Å². The number of halogens is 5. The Balaban J connectivity index is 2.52. The monoisotopic (exact) mass is 327 g/mol. The number of hydrogen-bond donors (Lipinski definition) is 0. The lowest BCUT2D eigenvalue weighted by Crippen LogP contribution is -2.52. The third kappa shape index (κ3) is 2.18. The summed E-state index contributed by atoms with van der Waals surface area (Å²) in [5.41, 5.74) is -2.51. The second-order valence-electron chi connectivity index (χ2n) is 4.58. The zero-order valence-corrected chi connectivity index (χ0v) is 12.0. The topological polar surface area (TPSA) is 42.5 Å². The Morgan fingerprint density at radius 3 is 2.50 bits per heavy atom. The Morgan fingerprint density at radius 2 is 2.05 bits per heavy atom. The molecular formula is C11H10Cl2F3N3O. The lowest BCUT2D eigenvalue weighted by molar-refractivity contribution is -0.620. The first-order chi connectivity index (χ1) is 9.08. The number of hydrogen-bond acceptors (Lipinski definition) is 3. The Morgan fingerprint density at radius 1 is 1.45 bits per heavy atom. The summed E-state index contributed by atoms with van der Waals surface area (Å²) in [5.74, 6) is 0. The Labute approximate surface area is 123 Å². The van der Waals surface area contributed by atoms with Crippen LogP contribution in [0.15, 0.2) is 23.4 Å². The van der Waals surface area contributed by atoms with Crippen molar-refractivity contribution in [3.8, 4) is 0 Å². The largest absolute Gasteiger partial charge is 0.618 e. The summed E-state index contributed by atoms with van der Waals surface area (Å²) in [6.07, 6.45) is -3.59. The average molecular weight is 328 g/mol. The van der Waals surface area contributed by atoms with Crippen molar-refractivity contribution in [2.45, 2.75) is 24.0 Å². The van der Waals surface area contributed by atoms with Crippen LogP contribution < -0.4 is 4.73 Å². The number of aromatic nitrogens is 1. The highest BCUT2D eigenvalue weighted by molar-refractivity contribution is 6.34. The van der Waals surface area contributed by atoms with E-state index in [4.69, 9.17) is 23.2 Å². The van der Waals surface area contributed by atoms with Crippen LogP contribution in [0.4, 0.5) is 13.2 Å². The molecule has 1 aromatic heterocycles. The summed E-state index contributed by atoms with van der Waals surface area (Å²) in [4.78, 5) is 0. The van der Waals surface area contributed by atoms with Crippen molar-refractivity contribution in [1.82, 2.24) is 5.01 Å². The van der Waals surface area contributed by atoms with E-state index in [9.17, 15) is 18.4 Å². The van der Waals surface area contributed by atoms with E-state index in [-0.39, 0.29) is 10.7 Å². The van der Waals surface area contributed by atoms with Crippen LogP contribution in [0.2, 0.25) is 5.02 Å². The predicted octanol–water partition coefficient (Wildman–Crippen LogP) is 2.66. The maximum atomic E-state index is 12.9. The van der Waals surface area contributed by atoms with Gasteiger partial charge in [0.05, 0.1) is 0 Å². The summed E-state index contributed by atoms with van der Waals surface area (Å²) in [5, 5.41) is 15.1. The van der Waals surface area contributed by atoms with Crippen molar-refractivity contribution < 1.29 is 17.9 Å². The van der Waals surface area contributed by atoms with Gasteiger partial charge in [-0.15, -0.1) is 11.6 Å². The fourth-order valence-corrected chi connectivity index (χ4v) is 2.66. The van der Waals surface area contributed by atoms with Crippen LogP contribution in [-0.4, -0.2) is 29.3 Å². The third-order valence-electron chi connectivity index (χ3n) is 3.35. The van der Waals surface area contributed by atoms with Crippen molar-refractivity contribution in [3.05, 3.63) is 34.3 Å². The van der Waals surface area contributed by atoms with Crippen molar-refractivity contribution >= 4 is 28.9 Å². The molecular weight excluding hydrogens is 318 g/mol. The van der Waals surface area contributed by atoms with Crippen molar-refractivity contribution in [2.24, 2.45) is 5.10 Å². The van der Waals surface area contributed by atoms with Gasteiger partial charge in [0.2, 0.25) is 5.69 Å². The summed E-state index contributed by atoms with van der Waals surface area (Å²) in [7, 11) is 1.34. The molecule has 4 nitrogen and oxygen atoms in total. The molecule has 1 aliphatic rings. The molecule has 0 bridgehead atoms. The molecule has 0 N–H and O–H groups in total. The van der Waals surface area contributed by atoms with Crippen molar-refractivity contribution in [1.29, 1.82) is 0 Å². The molecule has 0 aliphatic carbocycles. The minimum atomic E-state index is -4.65. The molecule has 0 spiro atoms. The first kappa shape index (κ1) is 15.2. The Bertz CT molecular complexity index is 579. The van der Waals surface area contributed by atoms with Gasteiger partial charge in [-0.1, -0.05) is 11.6 Å². The minimum Gasteiger partial charge on any atom is -0.618 e. The average Bonchev–Trinajstić information content (AvgIpc) is 2.54. The van der Waals surface area contributed by atoms with Crippen LogP contribution in [-0.2, 0) is 5.54 Å². The van der Waals surface area contributed by atoms with Crippen LogP contribution in [0.5, 0.6) is 0 Å². The molecule has 0 aromatic carbocycles. The second-order valence-corrected chi connectivity index (χ2v) is 5.45. The first-order valence-corrected chi connectivity index (χ1v) is 6.32. The van der Waals surface area contributed by atoms with E-state index < -0.39 is 22.8 Å². The van der Waals surface area contributed by atoms with E-state index in [1.165, 1.54) is 26.1 Å². The van der Waals surface area contributed by atoms with E-state index in [2.05, 4.69) is 5.10 Å². The normalized spacial score (nSPS) is 26.9.